The first-order valence-electron chi connectivity index (χ1n) is 11.2. The zero-order valence-electron chi connectivity index (χ0n) is 17.6. The molecule has 0 aromatic rings. The molecular weight excluding hydrogens is 354 g/mol. The lowest BCUT2D eigenvalue weighted by Gasteiger charge is -2.65. The van der Waals surface area contributed by atoms with Gasteiger partial charge < -0.3 is 15.4 Å². The summed E-state index contributed by atoms with van der Waals surface area (Å²) in [6, 6.07) is 0. The molecule has 0 aromatic carbocycles. The van der Waals surface area contributed by atoms with Gasteiger partial charge in [0.1, 0.15) is 6.42 Å². The van der Waals surface area contributed by atoms with Gasteiger partial charge in [-0.05, 0) is 68.2 Å². The van der Waals surface area contributed by atoms with Gasteiger partial charge in [-0.15, -0.1) is 0 Å². The molecule has 5 aliphatic rings. The molecule has 5 rings (SSSR count). The molecule has 4 saturated carbocycles. The van der Waals surface area contributed by atoms with E-state index in [-0.39, 0.29) is 23.8 Å². The van der Waals surface area contributed by atoms with Crippen LogP contribution in [-0.4, -0.2) is 61.6 Å². The molecule has 2 N–H and O–H groups in total. The van der Waals surface area contributed by atoms with Crippen LogP contribution in [0.4, 0.5) is 0 Å². The van der Waals surface area contributed by atoms with Crippen LogP contribution in [0.2, 0.25) is 0 Å². The molecule has 4 aliphatic carbocycles. The maximum Gasteiger partial charge on any atom is 0.229 e. The molecule has 0 aromatic heterocycles. The van der Waals surface area contributed by atoms with Gasteiger partial charge >= 0.3 is 0 Å². The average Bonchev–Trinajstić information content (AvgIpc) is 2.55. The number of amides is 2. The van der Waals surface area contributed by atoms with Gasteiger partial charge in [0, 0.05) is 25.2 Å². The summed E-state index contributed by atoms with van der Waals surface area (Å²) >= 11 is 0. The molecule has 158 valence electrons. The number of hydrogen-bond acceptors (Lipinski definition) is 4. The Kier molecular flexibility index (Phi) is 5.47. The molecule has 1 heterocycles. The molecule has 0 spiro atoms. The highest BCUT2D eigenvalue weighted by molar-refractivity contribution is 5.97. The van der Waals surface area contributed by atoms with Crippen LogP contribution in [0.5, 0.6) is 0 Å². The fraction of sp³-hybridized carbons (Fsp3) is 0.909. The number of rotatable bonds is 7. The van der Waals surface area contributed by atoms with Gasteiger partial charge in [-0.3, -0.25) is 14.5 Å². The molecule has 0 radical (unpaired) electrons. The van der Waals surface area contributed by atoms with Crippen molar-refractivity contribution in [3.05, 3.63) is 0 Å². The number of morpholine rings is 1. The lowest BCUT2D eigenvalue weighted by atomic mass is 9.43. The lowest BCUT2D eigenvalue weighted by molar-refractivity contribution is -0.141. The smallest absolute Gasteiger partial charge is 0.229 e. The third-order valence-electron chi connectivity index (χ3n) is 7.43. The molecule has 6 heteroatoms. The van der Waals surface area contributed by atoms with E-state index in [1.165, 1.54) is 19.3 Å². The number of carbonyl (C=O) groups is 2. The molecule has 2 unspecified atom stereocenters. The average molecular weight is 392 g/mol. The number of ether oxygens (including phenoxy) is 1. The molecule has 5 fully saturated rings. The van der Waals surface area contributed by atoms with Crippen molar-refractivity contribution in [3.63, 3.8) is 0 Å². The van der Waals surface area contributed by atoms with Gasteiger partial charge in [0.2, 0.25) is 11.8 Å². The first-order valence-corrected chi connectivity index (χ1v) is 11.2. The molecule has 1 aliphatic heterocycles. The molecule has 6 nitrogen and oxygen atoms in total. The first-order chi connectivity index (χ1) is 13.3. The van der Waals surface area contributed by atoms with E-state index in [1.807, 2.05) is 0 Å². The van der Waals surface area contributed by atoms with Crippen molar-refractivity contribution in [1.82, 2.24) is 15.5 Å². The Labute approximate surface area is 169 Å². The van der Waals surface area contributed by atoms with E-state index in [0.29, 0.717) is 17.4 Å². The molecule has 4 bridgehead atoms. The highest BCUT2D eigenvalue weighted by atomic mass is 16.5. The third kappa shape index (κ3) is 4.54. The monoisotopic (exact) mass is 391 g/mol. The predicted molar refractivity (Wildman–Crippen MR) is 108 cm³/mol. The van der Waals surface area contributed by atoms with Gasteiger partial charge in [-0.25, -0.2) is 0 Å². The van der Waals surface area contributed by atoms with Gasteiger partial charge in [-0.2, -0.15) is 0 Å². The fourth-order valence-corrected chi connectivity index (χ4v) is 7.49. The largest absolute Gasteiger partial charge is 0.379 e. The van der Waals surface area contributed by atoms with E-state index in [4.69, 9.17) is 4.74 Å². The fourth-order valence-electron chi connectivity index (χ4n) is 7.49. The second-order valence-electron chi connectivity index (χ2n) is 10.8. The van der Waals surface area contributed by atoms with E-state index in [0.717, 1.165) is 64.4 Å². The number of nitrogens with zero attached hydrogens (tertiary/aromatic N) is 1. The van der Waals surface area contributed by atoms with Crippen LogP contribution in [0.1, 0.15) is 65.2 Å². The Hall–Kier alpha value is -1.14. The minimum atomic E-state index is -0.151. The molecule has 1 saturated heterocycles. The van der Waals surface area contributed by atoms with Crippen LogP contribution in [0, 0.1) is 16.7 Å². The maximum absolute atomic E-state index is 12.6. The Morgan fingerprint density at radius 3 is 2.32 bits per heavy atom. The minimum absolute atomic E-state index is 0.0442. The van der Waals surface area contributed by atoms with E-state index in [2.05, 4.69) is 29.4 Å². The molecule has 2 amide bonds. The summed E-state index contributed by atoms with van der Waals surface area (Å²) in [6.07, 6.45) is 8.04. The quantitative estimate of drug-likeness (QED) is 0.515. The Balaban J connectivity index is 1.20. The number of hydrogen-bond donors (Lipinski definition) is 2. The van der Waals surface area contributed by atoms with Crippen molar-refractivity contribution in [1.29, 1.82) is 0 Å². The maximum atomic E-state index is 12.6. The van der Waals surface area contributed by atoms with Gasteiger partial charge in [0.15, 0.2) is 0 Å². The zero-order chi connectivity index (χ0) is 19.8. The van der Waals surface area contributed by atoms with Gasteiger partial charge in [-0.1, -0.05) is 13.8 Å². The summed E-state index contributed by atoms with van der Waals surface area (Å²) in [5, 5.41) is 6.24. The van der Waals surface area contributed by atoms with E-state index in [1.54, 1.807) is 0 Å². The van der Waals surface area contributed by atoms with Crippen molar-refractivity contribution in [2.24, 2.45) is 16.7 Å². The van der Waals surface area contributed by atoms with Crippen LogP contribution >= 0.6 is 0 Å². The predicted octanol–water partition coefficient (Wildman–Crippen LogP) is 2.08. The number of carbonyl (C=O) groups excluding carboxylic acids is 2. The van der Waals surface area contributed by atoms with Crippen LogP contribution in [0.3, 0.4) is 0 Å². The second-order valence-corrected chi connectivity index (χ2v) is 10.8. The van der Waals surface area contributed by atoms with Crippen LogP contribution in [-0.2, 0) is 14.3 Å². The minimum Gasteiger partial charge on any atom is -0.379 e. The van der Waals surface area contributed by atoms with Crippen molar-refractivity contribution in [2.45, 2.75) is 70.8 Å². The van der Waals surface area contributed by atoms with Crippen LogP contribution in [0.15, 0.2) is 0 Å². The summed E-state index contributed by atoms with van der Waals surface area (Å²) < 4.78 is 5.34. The molecule has 2 atom stereocenters. The van der Waals surface area contributed by atoms with Crippen LogP contribution in [0.25, 0.3) is 0 Å². The summed E-state index contributed by atoms with van der Waals surface area (Å²) in [4.78, 5) is 27.2. The highest BCUT2D eigenvalue weighted by Gasteiger charge is 2.60. The zero-order valence-corrected chi connectivity index (χ0v) is 17.6. The SMILES string of the molecule is CC12CC3CC(C)(C1)CC(NC(=O)CC(=O)NCCCN1CCOCC1)(C3)C2. The van der Waals surface area contributed by atoms with E-state index in [9.17, 15) is 9.59 Å². The van der Waals surface area contributed by atoms with Crippen molar-refractivity contribution in [2.75, 3.05) is 39.4 Å². The first kappa shape index (κ1) is 20.1. The van der Waals surface area contributed by atoms with Gasteiger partial charge in [0.25, 0.3) is 0 Å². The number of nitrogens with one attached hydrogen (secondary N) is 2. The normalized spacial score (nSPS) is 39.7. The molecular formula is C22H37N3O3. The van der Waals surface area contributed by atoms with Crippen molar-refractivity contribution in [3.8, 4) is 0 Å². The van der Waals surface area contributed by atoms with Crippen molar-refractivity contribution < 1.29 is 14.3 Å². The van der Waals surface area contributed by atoms with E-state index < -0.39 is 0 Å². The highest BCUT2D eigenvalue weighted by Crippen LogP contribution is 2.66. The summed E-state index contributed by atoms with van der Waals surface area (Å²) in [5.74, 6) is 0.488. The summed E-state index contributed by atoms with van der Waals surface area (Å²) in [6.45, 7) is 9.94. The Bertz CT molecular complexity index is 598. The lowest BCUT2D eigenvalue weighted by Crippen LogP contribution is -2.65. The van der Waals surface area contributed by atoms with Gasteiger partial charge in [0.05, 0.1) is 13.2 Å². The summed E-state index contributed by atoms with van der Waals surface area (Å²) in [5.41, 5.74) is 0.656. The Morgan fingerprint density at radius 1 is 1.00 bits per heavy atom. The standard InChI is InChI=1S/C22H37N3O3/c1-20-11-17-12-21(2,14-20)16-22(13-17,15-20)24-19(27)10-18(26)23-4-3-5-25-6-8-28-9-7-25/h17H,3-16H2,1-2H3,(H,23,26)(H,24,27). The Morgan fingerprint density at radius 2 is 1.68 bits per heavy atom. The summed E-state index contributed by atoms with van der Waals surface area (Å²) in [7, 11) is 0. The van der Waals surface area contributed by atoms with Crippen molar-refractivity contribution >= 4 is 11.8 Å². The van der Waals surface area contributed by atoms with Crippen LogP contribution < -0.4 is 10.6 Å². The van der Waals surface area contributed by atoms with E-state index >= 15 is 0 Å². The third-order valence-corrected chi connectivity index (χ3v) is 7.43. The topological polar surface area (TPSA) is 70.7 Å². The second kappa shape index (κ2) is 7.60. The molecule has 28 heavy (non-hydrogen) atoms.